The Balaban J connectivity index is 5.22. The van der Waals surface area contributed by atoms with Crippen molar-refractivity contribution in [1.82, 2.24) is 0 Å². The summed E-state index contributed by atoms with van der Waals surface area (Å²) in [4.78, 5) is 72.7. The van der Waals surface area contributed by atoms with Gasteiger partial charge in [-0.3, -0.25) is 37.3 Å². The number of hydrogen-bond acceptors (Lipinski definition) is 15. The number of aliphatic hydroxyl groups is 1. The van der Waals surface area contributed by atoms with Crippen LogP contribution in [0, 0.1) is 23.7 Å². The van der Waals surface area contributed by atoms with E-state index in [2.05, 4.69) is 55.4 Å². The fourth-order valence-electron chi connectivity index (χ4n) is 11.1. The number of phosphoric ester groups is 2. The number of esters is 4. The topological polar surface area (TPSA) is 237 Å². The molecule has 19 heteroatoms. The highest BCUT2D eigenvalue weighted by molar-refractivity contribution is 7.47. The quantitative estimate of drug-likeness (QED) is 0.0222. The summed E-state index contributed by atoms with van der Waals surface area (Å²) in [6, 6.07) is 0. The van der Waals surface area contributed by atoms with Gasteiger partial charge in [-0.05, 0) is 49.4 Å². The van der Waals surface area contributed by atoms with Gasteiger partial charge in [0.15, 0.2) is 12.2 Å². The Kier molecular flexibility index (Phi) is 62.2. The zero-order valence-electron chi connectivity index (χ0n) is 60.9. The molecule has 8 atom stereocenters. The SMILES string of the molecule is CCC(C)CCCCCCCCCCCCCCCCC(=O)OC[C@H](COP(=O)(O)OC[C@@H](O)COP(=O)(O)OC[C@@H](COC(=O)CCCCCCCCC(C)C)OC(=O)CCCCCCCCCCCCC(C)CC)OC(=O)CCCCCCCCCCC(C)CC. The van der Waals surface area contributed by atoms with Crippen LogP contribution < -0.4 is 0 Å². The number of hydrogen-bond donors (Lipinski definition) is 3. The minimum Gasteiger partial charge on any atom is -0.462 e. The van der Waals surface area contributed by atoms with E-state index < -0.39 is 97.5 Å². The minimum absolute atomic E-state index is 0.105. The molecule has 0 aromatic rings. The van der Waals surface area contributed by atoms with Crippen LogP contribution in [-0.2, 0) is 65.4 Å². The van der Waals surface area contributed by atoms with Crippen molar-refractivity contribution in [3.05, 3.63) is 0 Å². The van der Waals surface area contributed by atoms with E-state index in [9.17, 15) is 43.2 Å². The van der Waals surface area contributed by atoms with E-state index in [1.165, 1.54) is 167 Å². The zero-order chi connectivity index (χ0) is 68.9. The highest BCUT2D eigenvalue weighted by Gasteiger charge is 2.30. The summed E-state index contributed by atoms with van der Waals surface area (Å²) < 4.78 is 68.4. The molecule has 0 bridgehead atoms. The van der Waals surface area contributed by atoms with Gasteiger partial charge in [0.2, 0.25) is 0 Å². The Morgan fingerprint density at radius 2 is 0.516 bits per heavy atom. The van der Waals surface area contributed by atoms with Crippen LogP contribution in [0.3, 0.4) is 0 Å². The van der Waals surface area contributed by atoms with Crippen molar-refractivity contribution in [2.24, 2.45) is 23.7 Å². The summed E-state index contributed by atoms with van der Waals surface area (Å²) >= 11 is 0. The molecule has 0 saturated carbocycles. The van der Waals surface area contributed by atoms with Gasteiger partial charge >= 0.3 is 39.5 Å². The van der Waals surface area contributed by atoms with Crippen molar-refractivity contribution in [2.45, 2.75) is 388 Å². The second-order valence-corrected chi connectivity index (χ2v) is 30.8. The van der Waals surface area contributed by atoms with E-state index in [4.69, 9.17) is 37.0 Å². The summed E-state index contributed by atoms with van der Waals surface area (Å²) in [7, 11) is -9.91. The normalized spacial score (nSPS) is 15.1. The Labute approximate surface area is 568 Å². The highest BCUT2D eigenvalue weighted by Crippen LogP contribution is 2.45. The standard InChI is InChI=1S/C74H144O17P2/c1-9-65(6)51-43-35-26-20-16-14-12-13-15-17-22-29-38-46-54-71(76)84-60-69(91-74(79)57-49-41-31-25-24-28-37-45-53-67(8)11-3)62-88-92(80,81)86-58-68(75)59-87-93(82,83)89-63-70(61-85-72(77)55-47-39-33-32-34-42-50-64(4)5)90-73(78)56-48-40-30-23-19-18-21-27-36-44-52-66(7)10-2/h64-70,75H,9-63H2,1-8H3,(H,80,81)(H,82,83)/t65?,66?,67?,68-,69-,70-/m1/s1. The molecule has 93 heavy (non-hydrogen) atoms. The fraction of sp³-hybridized carbons (Fsp3) is 0.946. The highest BCUT2D eigenvalue weighted by atomic mass is 31.2. The van der Waals surface area contributed by atoms with Gasteiger partial charge in [-0.1, -0.05) is 319 Å². The van der Waals surface area contributed by atoms with Gasteiger partial charge in [0.1, 0.15) is 19.3 Å². The lowest BCUT2D eigenvalue weighted by atomic mass is 9.99. The molecule has 552 valence electrons. The van der Waals surface area contributed by atoms with Gasteiger partial charge in [-0.25, -0.2) is 9.13 Å². The van der Waals surface area contributed by atoms with Crippen molar-refractivity contribution in [1.29, 1.82) is 0 Å². The van der Waals surface area contributed by atoms with Crippen molar-refractivity contribution >= 4 is 39.5 Å². The number of carbonyl (C=O) groups is 4. The van der Waals surface area contributed by atoms with Crippen LogP contribution in [0.2, 0.25) is 0 Å². The molecule has 0 aliphatic heterocycles. The van der Waals surface area contributed by atoms with Gasteiger partial charge in [0, 0.05) is 25.7 Å². The molecule has 0 aliphatic carbocycles. The minimum atomic E-state index is -4.96. The average Bonchev–Trinajstić information content (AvgIpc) is 2.47. The number of ether oxygens (including phenoxy) is 4. The molecule has 0 amide bonds. The van der Waals surface area contributed by atoms with Crippen LogP contribution >= 0.6 is 15.6 Å². The van der Waals surface area contributed by atoms with E-state index in [1.54, 1.807) is 0 Å². The predicted molar refractivity (Wildman–Crippen MR) is 377 cm³/mol. The van der Waals surface area contributed by atoms with Crippen LogP contribution in [0.15, 0.2) is 0 Å². The second kappa shape index (κ2) is 63.5. The van der Waals surface area contributed by atoms with E-state index >= 15 is 0 Å². The maximum Gasteiger partial charge on any atom is 0.472 e. The molecule has 0 saturated heterocycles. The number of rotatable bonds is 71. The van der Waals surface area contributed by atoms with Gasteiger partial charge in [0.05, 0.1) is 26.4 Å². The monoisotopic (exact) mass is 1370 g/mol. The summed E-state index contributed by atoms with van der Waals surface area (Å²) in [6.07, 6.45) is 47.2. The molecule has 3 N–H and O–H groups in total. The lowest BCUT2D eigenvalue weighted by Gasteiger charge is -2.21. The molecular formula is C74H144O17P2. The average molecular weight is 1370 g/mol. The number of phosphoric acid groups is 2. The summed E-state index contributed by atoms with van der Waals surface area (Å²) in [5.41, 5.74) is 0. The van der Waals surface area contributed by atoms with E-state index in [0.29, 0.717) is 31.6 Å². The van der Waals surface area contributed by atoms with Crippen molar-refractivity contribution in [3.8, 4) is 0 Å². The first-order chi connectivity index (χ1) is 44.7. The third-order valence-corrected chi connectivity index (χ3v) is 20.1. The third kappa shape index (κ3) is 64.5. The maximum atomic E-state index is 13.1. The summed E-state index contributed by atoms with van der Waals surface area (Å²) in [5, 5.41) is 10.6. The second-order valence-electron chi connectivity index (χ2n) is 27.9. The van der Waals surface area contributed by atoms with Crippen LogP contribution in [0.4, 0.5) is 0 Å². The Hall–Kier alpha value is -1.94. The first kappa shape index (κ1) is 91.1. The number of carbonyl (C=O) groups excluding carboxylic acids is 4. The largest absolute Gasteiger partial charge is 0.472 e. The lowest BCUT2D eigenvalue weighted by Crippen LogP contribution is -2.30. The van der Waals surface area contributed by atoms with Gasteiger partial charge in [0.25, 0.3) is 0 Å². The predicted octanol–water partition coefficient (Wildman–Crippen LogP) is 21.3. The molecule has 17 nitrogen and oxygen atoms in total. The summed E-state index contributed by atoms with van der Waals surface area (Å²) in [5.74, 6) is 0.975. The molecule has 0 heterocycles. The van der Waals surface area contributed by atoms with Crippen LogP contribution in [0.5, 0.6) is 0 Å². The zero-order valence-corrected chi connectivity index (χ0v) is 62.7. The lowest BCUT2D eigenvalue weighted by molar-refractivity contribution is -0.161. The molecule has 0 rings (SSSR count). The van der Waals surface area contributed by atoms with E-state index in [0.717, 1.165) is 114 Å². The Morgan fingerprint density at radius 3 is 0.763 bits per heavy atom. The van der Waals surface area contributed by atoms with Gasteiger partial charge < -0.3 is 33.8 Å². The Morgan fingerprint density at radius 1 is 0.301 bits per heavy atom. The van der Waals surface area contributed by atoms with Gasteiger partial charge in [-0.2, -0.15) is 0 Å². The molecule has 0 aliphatic rings. The third-order valence-electron chi connectivity index (χ3n) is 18.2. The molecule has 0 fully saturated rings. The van der Waals surface area contributed by atoms with Crippen LogP contribution in [0.1, 0.15) is 370 Å². The Bertz CT molecular complexity index is 1840. The molecule has 0 aromatic carbocycles. The number of unbranched alkanes of at least 4 members (excludes halogenated alkanes) is 34. The fourth-order valence-corrected chi connectivity index (χ4v) is 12.7. The van der Waals surface area contributed by atoms with E-state index in [1.807, 2.05) is 0 Å². The number of aliphatic hydroxyl groups excluding tert-OH is 1. The van der Waals surface area contributed by atoms with Crippen LogP contribution in [0.25, 0.3) is 0 Å². The molecule has 0 spiro atoms. The summed E-state index contributed by atoms with van der Waals surface area (Å²) in [6.45, 7) is 14.2. The first-order valence-electron chi connectivity index (χ1n) is 38.3. The van der Waals surface area contributed by atoms with Crippen molar-refractivity contribution < 1.29 is 80.2 Å². The van der Waals surface area contributed by atoms with Crippen molar-refractivity contribution in [2.75, 3.05) is 39.6 Å². The molecule has 0 radical (unpaired) electrons. The first-order valence-corrected chi connectivity index (χ1v) is 41.3. The molecule has 0 aromatic heterocycles. The van der Waals surface area contributed by atoms with Crippen molar-refractivity contribution in [3.63, 3.8) is 0 Å². The molecular weight excluding hydrogens is 1220 g/mol. The van der Waals surface area contributed by atoms with Gasteiger partial charge in [-0.15, -0.1) is 0 Å². The van der Waals surface area contributed by atoms with E-state index in [-0.39, 0.29) is 25.7 Å². The maximum absolute atomic E-state index is 13.1. The van der Waals surface area contributed by atoms with Crippen LogP contribution in [-0.4, -0.2) is 96.7 Å². The molecule has 5 unspecified atom stereocenters. The smallest absolute Gasteiger partial charge is 0.462 e.